The Balaban J connectivity index is 2.14. The minimum atomic E-state index is -3.77. The Morgan fingerprint density at radius 1 is 1.33 bits per heavy atom. The smallest absolute Gasteiger partial charge is 0.251 e. The monoisotopic (exact) mass is 396 g/mol. The van der Waals surface area contributed by atoms with E-state index in [0.717, 1.165) is 10.7 Å². The lowest BCUT2D eigenvalue weighted by molar-refractivity contribution is -0.122. The maximum atomic E-state index is 12.6. The summed E-state index contributed by atoms with van der Waals surface area (Å²) in [4.78, 5) is 24.0. The molecule has 150 valence electrons. The molecule has 1 saturated heterocycles. The van der Waals surface area contributed by atoms with Gasteiger partial charge in [0.05, 0.1) is 11.4 Å². The zero-order chi connectivity index (χ0) is 20.2. The number of rotatable bonds is 7. The number of nitrogens with two attached hydrogens (primary N) is 1. The van der Waals surface area contributed by atoms with Gasteiger partial charge in [0.15, 0.2) is 0 Å². The number of carbonyl (C=O) groups is 2. The fraction of sp³-hybridized carbons (Fsp3) is 0.556. The van der Waals surface area contributed by atoms with Crippen LogP contribution in [0.1, 0.15) is 37.6 Å². The van der Waals surface area contributed by atoms with Gasteiger partial charge >= 0.3 is 0 Å². The molecule has 0 aliphatic carbocycles. The van der Waals surface area contributed by atoms with Crippen LogP contribution in [-0.4, -0.2) is 56.3 Å². The molecule has 0 aromatic heterocycles. The van der Waals surface area contributed by atoms with Crippen molar-refractivity contribution < 1.29 is 18.0 Å². The van der Waals surface area contributed by atoms with Crippen molar-refractivity contribution in [2.45, 2.75) is 37.6 Å². The fourth-order valence-corrected chi connectivity index (χ4v) is 4.58. The van der Waals surface area contributed by atoms with Crippen molar-refractivity contribution in [3.63, 3.8) is 0 Å². The van der Waals surface area contributed by atoms with Crippen molar-refractivity contribution >= 4 is 21.8 Å². The Bertz CT molecular complexity index is 792. The molecule has 2 rings (SSSR count). The Hall–Kier alpha value is -1.97. The van der Waals surface area contributed by atoms with Gasteiger partial charge in [-0.3, -0.25) is 9.59 Å². The van der Waals surface area contributed by atoms with Gasteiger partial charge in [0.25, 0.3) is 5.91 Å². The molecule has 4 N–H and O–H groups in total. The van der Waals surface area contributed by atoms with E-state index in [1.807, 2.05) is 6.92 Å². The standard InChI is InChI=1S/C18H28N4O4S/c1-13(2)10-18(3,12-19)21-17(24)14-4-6-15(7-5-14)27(25,26)22-9-8-20-16(23)11-22/h4-7,13H,8-12,19H2,1-3H3,(H,20,23)(H,21,24). The van der Waals surface area contributed by atoms with Crippen LogP contribution in [-0.2, 0) is 14.8 Å². The molecule has 0 bridgehead atoms. The molecule has 1 heterocycles. The molecule has 1 aromatic rings. The third kappa shape index (κ3) is 5.27. The van der Waals surface area contributed by atoms with Crippen LogP contribution < -0.4 is 16.4 Å². The molecular formula is C18H28N4O4S. The van der Waals surface area contributed by atoms with Crippen molar-refractivity contribution in [3.05, 3.63) is 29.8 Å². The van der Waals surface area contributed by atoms with Crippen molar-refractivity contribution in [1.82, 2.24) is 14.9 Å². The summed E-state index contributed by atoms with van der Waals surface area (Å²) in [7, 11) is -3.77. The summed E-state index contributed by atoms with van der Waals surface area (Å²) in [5.41, 5.74) is 5.65. The molecule has 1 unspecified atom stereocenters. The number of hydrogen-bond acceptors (Lipinski definition) is 5. The largest absolute Gasteiger partial charge is 0.354 e. The van der Waals surface area contributed by atoms with Gasteiger partial charge in [-0.25, -0.2) is 8.42 Å². The summed E-state index contributed by atoms with van der Waals surface area (Å²) in [6.07, 6.45) is 0.735. The lowest BCUT2D eigenvalue weighted by Crippen LogP contribution is -2.52. The second kappa shape index (κ2) is 8.37. The van der Waals surface area contributed by atoms with E-state index in [-0.39, 0.29) is 36.3 Å². The number of nitrogens with one attached hydrogen (secondary N) is 2. The van der Waals surface area contributed by atoms with E-state index in [9.17, 15) is 18.0 Å². The number of piperazine rings is 1. The van der Waals surface area contributed by atoms with Crippen LogP contribution in [0.4, 0.5) is 0 Å². The first-order chi connectivity index (χ1) is 12.6. The van der Waals surface area contributed by atoms with E-state index in [4.69, 9.17) is 5.73 Å². The number of nitrogens with zero attached hydrogens (tertiary/aromatic N) is 1. The van der Waals surface area contributed by atoms with E-state index in [0.29, 0.717) is 18.0 Å². The zero-order valence-corrected chi connectivity index (χ0v) is 16.8. The number of benzene rings is 1. The van der Waals surface area contributed by atoms with Gasteiger partial charge in [-0.05, 0) is 43.5 Å². The minimum absolute atomic E-state index is 0.0533. The molecule has 0 saturated carbocycles. The van der Waals surface area contributed by atoms with Gasteiger partial charge in [0.1, 0.15) is 0 Å². The van der Waals surface area contributed by atoms with Gasteiger partial charge in [-0.2, -0.15) is 4.31 Å². The lowest BCUT2D eigenvalue weighted by atomic mass is 9.90. The summed E-state index contributed by atoms with van der Waals surface area (Å²) >= 11 is 0. The van der Waals surface area contributed by atoms with Crippen molar-refractivity contribution in [2.75, 3.05) is 26.2 Å². The molecular weight excluding hydrogens is 368 g/mol. The van der Waals surface area contributed by atoms with Crippen LogP contribution in [0.5, 0.6) is 0 Å². The second-order valence-electron chi connectivity index (χ2n) is 7.53. The van der Waals surface area contributed by atoms with E-state index < -0.39 is 15.6 Å². The topological polar surface area (TPSA) is 122 Å². The molecule has 1 aliphatic heterocycles. The highest BCUT2D eigenvalue weighted by Crippen LogP contribution is 2.19. The molecule has 0 spiro atoms. The third-order valence-electron chi connectivity index (χ3n) is 4.48. The van der Waals surface area contributed by atoms with E-state index >= 15 is 0 Å². The summed E-state index contributed by atoms with van der Waals surface area (Å²) in [6, 6.07) is 5.72. The summed E-state index contributed by atoms with van der Waals surface area (Å²) in [6.45, 7) is 6.62. The van der Waals surface area contributed by atoms with Gasteiger partial charge < -0.3 is 16.4 Å². The first-order valence-corrected chi connectivity index (χ1v) is 10.4. The Morgan fingerprint density at radius 3 is 2.48 bits per heavy atom. The van der Waals surface area contributed by atoms with Crippen LogP contribution in [0.15, 0.2) is 29.2 Å². The SMILES string of the molecule is CC(C)CC(C)(CN)NC(=O)c1ccc(S(=O)(=O)N2CCNC(=O)C2)cc1. The molecule has 9 heteroatoms. The quantitative estimate of drug-likeness (QED) is 0.612. The highest BCUT2D eigenvalue weighted by Gasteiger charge is 2.30. The molecule has 1 atom stereocenters. The predicted octanol–water partition coefficient (Wildman–Crippen LogP) is 0.300. The Morgan fingerprint density at radius 2 is 1.96 bits per heavy atom. The van der Waals surface area contributed by atoms with Crippen LogP contribution in [0.2, 0.25) is 0 Å². The average Bonchev–Trinajstić information content (AvgIpc) is 2.61. The molecule has 1 aromatic carbocycles. The van der Waals surface area contributed by atoms with Crippen LogP contribution >= 0.6 is 0 Å². The molecule has 8 nitrogen and oxygen atoms in total. The number of sulfonamides is 1. The van der Waals surface area contributed by atoms with Crippen molar-refractivity contribution in [2.24, 2.45) is 11.7 Å². The van der Waals surface area contributed by atoms with Gasteiger partial charge in [-0.15, -0.1) is 0 Å². The van der Waals surface area contributed by atoms with Gasteiger partial charge in [-0.1, -0.05) is 13.8 Å². The highest BCUT2D eigenvalue weighted by atomic mass is 32.2. The van der Waals surface area contributed by atoms with Crippen LogP contribution in [0.3, 0.4) is 0 Å². The first-order valence-electron chi connectivity index (χ1n) is 8.97. The number of hydrogen-bond donors (Lipinski definition) is 3. The third-order valence-corrected chi connectivity index (χ3v) is 6.34. The minimum Gasteiger partial charge on any atom is -0.354 e. The van der Waals surface area contributed by atoms with Crippen LogP contribution in [0, 0.1) is 5.92 Å². The molecule has 0 radical (unpaired) electrons. The van der Waals surface area contributed by atoms with Crippen molar-refractivity contribution in [3.8, 4) is 0 Å². The Labute approximate surface area is 160 Å². The number of carbonyl (C=O) groups excluding carboxylic acids is 2. The summed E-state index contributed by atoms with van der Waals surface area (Å²) in [5.74, 6) is -0.259. The summed E-state index contributed by atoms with van der Waals surface area (Å²) in [5, 5.41) is 5.53. The highest BCUT2D eigenvalue weighted by molar-refractivity contribution is 7.89. The van der Waals surface area contributed by atoms with Gasteiger partial charge in [0.2, 0.25) is 15.9 Å². The zero-order valence-electron chi connectivity index (χ0n) is 16.0. The maximum Gasteiger partial charge on any atom is 0.251 e. The van der Waals surface area contributed by atoms with E-state index in [2.05, 4.69) is 24.5 Å². The lowest BCUT2D eigenvalue weighted by Gasteiger charge is -2.31. The number of amides is 2. The van der Waals surface area contributed by atoms with E-state index in [1.165, 1.54) is 24.3 Å². The predicted molar refractivity (Wildman–Crippen MR) is 103 cm³/mol. The van der Waals surface area contributed by atoms with Crippen molar-refractivity contribution in [1.29, 1.82) is 0 Å². The molecule has 1 fully saturated rings. The molecule has 1 aliphatic rings. The van der Waals surface area contributed by atoms with E-state index in [1.54, 1.807) is 0 Å². The Kier molecular flexibility index (Phi) is 6.61. The maximum absolute atomic E-state index is 12.6. The first kappa shape index (κ1) is 21.3. The molecule has 2 amide bonds. The van der Waals surface area contributed by atoms with Crippen LogP contribution in [0.25, 0.3) is 0 Å². The second-order valence-corrected chi connectivity index (χ2v) is 9.47. The summed E-state index contributed by atoms with van der Waals surface area (Å²) < 4.78 is 26.4. The van der Waals surface area contributed by atoms with Gasteiger partial charge in [0, 0.05) is 30.7 Å². The average molecular weight is 397 g/mol. The normalized spacial score (nSPS) is 18.0. The molecule has 27 heavy (non-hydrogen) atoms. The fourth-order valence-electron chi connectivity index (χ4n) is 3.18.